The van der Waals surface area contributed by atoms with Crippen LogP contribution in [-0.4, -0.2) is 151 Å². The summed E-state index contributed by atoms with van der Waals surface area (Å²) in [5, 5.41) is 30.6. The van der Waals surface area contributed by atoms with Crippen LogP contribution in [0.2, 0.25) is 0 Å². The number of fused-ring (bicyclic) bond motifs is 1. The fourth-order valence-corrected chi connectivity index (χ4v) is 9.98. The first-order valence-electron chi connectivity index (χ1n) is 25.2. The van der Waals surface area contributed by atoms with Gasteiger partial charge in [-0.25, -0.2) is 24.3 Å². The lowest BCUT2D eigenvalue weighted by molar-refractivity contribution is -0.144. The van der Waals surface area contributed by atoms with Gasteiger partial charge < -0.3 is 45.4 Å². The molecule has 75 heavy (non-hydrogen) atoms. The number of carbonyl (C=O) groups excluding carboxylic acids is 3. The molecule has 0 bridgehead atoms. The summed E-state index contributed by atoms with van der Waals surface area (Å²) in [5.41, 5.74) is 5.22. The Morgan fingerprint density at radius 1 is 0.933 bits per heavy atom. The van der Waals surface area contributed by atoms with Crippen LogP contribution in [0.1, 0.15) is 58.0 Å². The summed E-state index contributed by atoms with van der Waals surface area (Å²) in [4.78, 5) is 79.3. The lowest BCUT2D eigenvalue weighted by Crippen LogP contribution is -2.58. The molecule has 8 rings (SSSR count). The number of pyridine rings is 1. The number of hydrogen-bond acceptors (Lipinski definition) is 16. The lowest BCUT2D eigenvalue weighted by atomic mass is 9.85. The number of nitrogens with zero attached hydrogens (tertiary/aromatic N) is 9. The Hall–Kier alpha value is -6.88. The highest BCUT2D eigenvalue weighted by molar-refractivity contribution is 7.13. The summed E-state index contributed by atoms with van der Waals surface area (Å²) in [6, 6.07) is 19.3. The van der Waals surface area contributed by atoms with Crippen LogP contribution in [-0.2, 0) is 42.5 Å². The van der Waals surface area contributed by atoms with Crippen LogP contribution in [0.4, 0.5) is 17.3 Å². The normalized spacial score (nSPS) is 16.8. The number of hydrogen-bond donors (Lipinski definition) is 5. The van der Waals surface area contributed by atoms with Gasteiger partial charge in [0.2, 0.25) is 23.7 Å². The minimum absolute atomic E-state index is 0.0159. The van der Waals surface area contributed by atoms with Crippen LogP contribution in [0.15, 0.2) is 95.9 Å². The number of anilines is 3. The average Bonchev–Trinajstić information content (AvgIpc) is 4.08. The predicted octanol–water partition coefficient (Wildman–Crippen LogP) is 4.53. The molecule has 0 spiro atoms. The summed E-state index contributed by atoms with van der Waals surface area (Å²) < 4.78 is 14.6. The molecule has 0 radical (unpaired) electrons. The van der Waals surface area contributed by atoms with Gasteiger partial charge >= 0.3 is 0 Å². The second kappa shape index (κ2) is 23.8. The fourth-order valence-electron chi connectivity index (χ4n) is 9.17. The molecule has 2 aromatic carbocycles. The third kappa shape index (κ3) is 13.3. The highest BCUT2D eigenvalue weighted by Crippen LogP contribution is 2.29. The molecule has 6 heterocycles. The monoisotopic (exact) mass is 1040 g/mol. The zero-order chi connectivity index (χ0) is 53.4. The number of aliphatic hydroxyl groups excluding tert-OH is 1. The molecule has 0 saturated carbocycles. The molecule has 20 nitrogen and oxygen atoms in total. The minimum atomic E-state index is -1.19. The number of thiazole rings is 1. The van der Waals surface area contributed by atoms with E-state index < -0.39 is 41.0 Å². The van der Waals surface area contributed by atoms with Crippen LogP contribution in [0, 0.1) is 12.3 Å². The largest absolute Gasteiger partial charge is 0.391 e. The fraction of sp³-hybridized carbons (Fsp3) is 0.444. The Labute approximate surface area is 440 Å². The molecule has 0 unspecified atom stereocenters. The van der Waals surface area contributed by atoms with Crippen LogP contribution in [0.5, 0.6) is 0 Å². The van der Waals surface area contributed by atoms with Gasteiger partial charge in [-0.1, -0.05) is 57.2 Å². The Morgan fingerprint density at radius 3 is 2.35 bits per heavy atom. The zero-order valence-corrected chi connectivity index (χ0v) is 44.3. The van der Waals surface area contributed by atoms with E-state index in [2.05, 4.69) is 47.3 Å². The molecule has 3 amide bonds. The van der Waals surface area contributed by atoms with Crippen molar-refractivity contribution in [1.29, 1.82) is 0 Å². The average molecular weight is 1050 g/mol. The van der Waals surface area contributed by atoms with Crippen molar-refractivity contribution in [3.05, 3.63) is 118 Å². The van der Waals surface area contributed by atoms with Crippen molar-refractivity contribution in [1.82, 2.24) is 49.7 Å². The van der Waals surface area contributed by atoms with Gasteiger partial charge in [0.05, 0.1) is 54.2 Å². The smallest absolute Gasteiger partial charge is 0.278 e. The Kier molecular flexibility index (Phi) is 17.2. The second-order valence-corrected chi connectivity index (χ2v) is 21.3. The molecule has 5 N–H and O–H groups in total. The van der Waals surface area contributed by atoms with Crippen LogP contribution < -0.4 is 26.4 Å². The number of piperazine rings is 1. The number of likely N-dealkylation sites (tertiary alicyclic amines) is 1. The number of aryl methyl sites for hydroxylation is 1. The Bertz CT molecular complexity index is 3010. The summed E-state index contributed by atoms with van der Waals surface area (Å²) in [6.07, 6.45) is 2.35. The van der Waals surface area contributed by atoms with Crippen molar-refractivity contribution in [2.24, 2.45) is 5.41 Å². The summed E-state index contributed by atoms with van der Waals surface area (Å²) in [6.45, 7) is 19.9. The van der Waals surface area contributed by atoms with Crippen molar-refractivity contribution in [2.75, 3.05) is 75.9 Å². The molecule has 2 aliphatic heterocycles. The maximum absolute atomic E-state index is 14.0. The number of aromatic nitrogens is 6. The van der Waals surface area contributed by atoms with Gasteiger partial charge in [0, 0.05) is 69.8 Å². The van der Waals surface area contributed by atoms with Gasteiger partial charge in [-0.2, -0.15) is 4.98 Å². The molecule has 0 aliphatic carbocycles. The molecule has 2 saturated heterocycles. The van der Waals surface area contributed by atoms with Crippen LogP contribution in [0.25, 0.3) is 27.3 Å². The number of allylic oxidation sites excluding steroid dienone is 1. The van der Waals surface area contributed by atoms with Crippen LogP contribution >= 0.6 is 11.3 Å². The second-order valence-electron chi connectivity index (χ2n) is 20.5. The van der Waals surface area contributed by atoms with E-state index in [4.69, 9.17) is 14.5 Å². The highest BCUT2D eigenvalue weighted by atomic mass is 32.1. The molecule has 2 aliphatic rings. The quantitative estimate of drug-likeness (QED) is 0.0492. The Morgan fingerprint density at radius 2 is 1.67 bits per heavy atom. The molecular weight excluding hydrogens is 977 g/mol. The number of benzene rings is 2. The van der Waals surface area contributed by atoms with E-state index in [0.717, 1.165) is 65.8 Å². The predicted molar refractivity (Wildman–Crippen MR) is 288 cm³/mol. The van der Waals surface area contributed by atoms with Gasteiger partial charge in [-0.05, 0) is 73.7 Å². The highest BCUT2D eigenvalue weighted by Gasteiger charge is 2.44. The van der Waals surface area contributed by atoms with E-state index in [0.29, 0.717) is 41.7 Å². The van der Waals surface area contributed by atoms with Crippen molar-refractivity contribution < 1.29 is 34.1 Å². The molecule has 21 heteroatoms. The van der Waals surface area contributed by atoms with E-state index >= 15 is 0 Å². The van der Waals surface area contributed by atoms with E-state index in [9.17, 15) is 29.4 Å². The van der Waals surface area contributed by atoms with Gasteiger partial charge in [0.15, 0.2) is 11.5 Å². The SMILES string of the molecule is C=CCn1c(=O)c2cnc(Nc3ccc(N4CCN(CCOCCOCC(=O)N[C@H](C(=O)N5C[C@H](O)C[C@H]5C(=O)NCc5ccc(-c6scnc6C)cc5)C(C)(C)C)CC4)cc3)nc2n1-c1cccc(C(C)(C)O)n1. The molecule has 2 fully saturated rings. The molecule has 6 aromatic rings. The van der Waals surface area contributed by atoms with Gasteiger partial charge in [-0.15, -0.1) is 17.9 Å². The summed E-state index contributed by atoms with van der Waals surface area (Å²) in [7, 11) is 0. The maximum Gasteiger partial charge on any atom is 0.278 e. The molecular formula is C54H68N12O8S. The maximum atomic E-state index is 14.0. The number of ether oxygens (including phenoxy) is 2. The third-order valence-corrected chi connectivity index (χ3v) is 14.3. The molecule has 398 valence electrons. The van der Waals surface area contributed by atoms with E-state index in [-0.39, 0.29) is 50.7 Å². The van der Waals surface area contributed by atoms with E-state index in [1.165, 1.54) is 15.8 Å². The standard InChI is InChI=1S/C54H68N12O8S/c1-8-20-65-50(70)41-31-56-52(61-48(41)66(65)44-11-9-10-43(59-44)54(6,7)72)58-38-16-18-39(19-17-38)63-23-21-62(22-24-63)25-26-73-27-28-74-33-45(68)60-47(53(3,4)5)51(71)64-32-40(67)29-42(64)49(69)55-30-36-12-14-37(15-13-36)46-35(2)57-34-75-46/h8-19,31,34,40,42,47,67,72H,1,20-30,32-33H2,2-7H3,(H,55,69)(H,60,68)(H,56,58,61)/t40-,42+,47-/m1/s1. The zero-order valence-electron chi connectivity index (χ0n) is 43.5. The van der Waals surface area contributed by atoms with Gasteiger partial charge in [0.1, 0.15) is 29.7 Å². The number of carbonyl (C=O) groups is 3. The first-order chi connectivity index (χ1) is 35.9. The number of β-amino-alcohol motifs (C(OH)–C–C–N with tert-alkyl or cyclic N) is 1. The third-order valence-electron chi connectivity index (χ3n) is 13.3. The van der Waals surface area contributed by atoms with Gasteiger partial charge in [0.25, 0.3) is 5.56 Å². The summed E-state index contributed by atoms with van der Waals surface area (Å²) >= 11 is 1.57. The Balaban J connectivity index is 0.741. The van der Waals surface area contributed by atoms with Crippen LogP contribution in [0.3, 0.4) is 0 Å². The number of rotatable bonds is 21. The number of aliphatic hydroxyl groups is 2. The van der Waals surface area contributed by atoms with Crippen molar-refractivity contribution in [3.63, 3.8) is 0 Å². The number of amides is 3. The summed E-state index contributed by atoms with van der Waals surface area (Å²) in [5.74, 6) is -0.544. The molecule has 3 atom stereocenters. The van der Waals surface area contributed by atoms with Crippen molar-refractivity contribution in [2.45, 2.75) is 84.8 Å². The van der Waals surface area contributed by atoms with Crippen molar-refractivity contribution >= 4 is 57.4 Å². The number of nitrogens with one attached hydrogen (secondary N) is 3. The lowest BCUT2D eigenvalue weighted by Gasteiger charge is -2.36. The van der Waals surface area contributed by atoms with Crippen molar-refractivity contribution in [3.8, 4) is 16.3 Å². The first kappa shape index (κ1) is 54.4. The topological polar surface area (TPSA) is 234 Å². The van der Waals surface area contributed by atoms with E-state index in [1.807, 2.05) is 81.7 Å². The molecule has 4 aromatic heterocycles. The van der Waals surface area contributed by atoms with E-state index in [1.54, 1.807) is 54.1 Å². The van der Waals surface area contributed by atoms with Gasteiger partial charge in [-0.3, -0.25) is 24.1 Å². The first-order valence-corrected chi connectivity index (χ1v) is 26.1. The minimum Gasteiger partial charge on any atom is -0.391 e.